The van der Waals surface area contributed by atoms with Crippen LogP contribution in [0.1, 0.15) is 130 Å². The molecule has 58 heavy (non-hydrogen) atoms. The Labute approximate surface area is 347 Å². The number of ether oxygens (including phenoxy) is 2. The Bertz CT molecular complexity index is 1330. The van der Waals surface area contributed by atoms with Crippen LogP contribution in [-0.2, 0) is 41.8 Å². The van der Waals surface area contributed by atoms with Gasteiger partial charge in [0.2, 0.25) is 0 Å². The van der Waals surface area contributed by atoms with E-state index in [4.69, 9.17) is 23.8 Å². The van der Waals surface area contributed by atoms with Crippen molar-refractivity contribution >= 4 is 27.6 Å². The quantitative estimate of drug-likeness (QED) is 0.0130. The molecule has 0 bridgehead atoms. The lowest BCUT2D eigenvalue weighted by molar-refractivity contribution is -0.161. The van der Waals surface area contributed by atoms with Crippen LogP contribution in [0.15, 0.2) is 72.9 Å². The number of hydrogen-bond acceptors (Lipinski definition) is 11. The number of hydrogen-bond donors (Lipinski definition) is 5. The van der Waals surface area contributed by atoms with Crippen LogP contribution in [0.4, 0.5) is 0 Å². The lowest BCUT2D eigenvalue weighted by atomic mass is 10.0. The van der Waals surface area contributed by atoms with Crippen LogP contribution < -0.4 is 0 Å². The lowest BCUT2D eigenvalue weighted by Crippen LogP contribution is -2.29. The monoisotopic (exact) mass is 862 g/mol. The number of rotatable bonds is 37. The zero-order chi connectivity index (χ0) is 43.3. The van der Waals surface area contributed by atoms with Crippen LogP contribution in [0.3, 0.4) is 0 Å². The first-order chi connectivity index (χ1) is 27.6. The molecule has 0 saturated heterocycles. The molecule has 16 heteroatoms. The second-order valence-electron chi connectivity index (χ2n) is 14.2. The summed E-state index contributed by atoms with van der Waals surface area (Å²) < 4.78 is 47.5. The summed E-state index contributed by atoms with van der Waals surface area (Å²) in [5, 5.41) is 19.7. The highest BCUT2D eigenvalue weighted by molar-refractivity contribution is 7.47. The minimum atomic E-state index is -4.88. The summed E-state index contributed by atoms with van der Waals surface area (Å²) in [5.74, 6) is -0.443. The first-order valence-corrected chi connectivity index (χ1v) is 23.6. The van der Waals surface area contributed by atoms with Crippen LogP contribution in [0.5, 0.6) is 0 Å². The van der Waals surface area contributed by atoms with Gasteiger partial charge in [-0.05, 0) is 50.9 Å². The van der Waals surface area contributed by atoms with Crippen molar-refractivity contribution in [2.75, 3.05) is 26.4 Å². The van der Waals surface area contributed by atoms with E-state index in [0.717, 1.165) is 50.9 Å². The molecule has 0 saturated carbocycles. The summed E-state index contributed by atoms with van der Waals surface area (Å²) in [6.07, 6.45) is 34.0. The maximum absolute atomic E-state index is 12.6. The summed E-state index contributed by atoms with van der Waals surface area (Å²) in [6, 6.07) is 0. The van der Waals surface area contributed by atoms with Gasteiger partial charge in [-0.1, -0.05) is 145 Å². The Kier molecular flexibility index (Phi) is 34.8. The van der Waals surface area contributed by atoms with E-state index >= 15 is 0 Å². The fourth-order valence-corrected chi connectivity index (χ4v) is 6.15. The Hall–Kier alpha value is -2.48. The summed E-state index contributed by atoms with van der Waals surface area (Å²) in [6.45, 7) is 3.70. The van der Waals surface area contributed by atoms with E-state index in [-0.39, 0.29) is 12.8 Å². The number of carbonyl (C=O) groups excluding carboxylic acids is 2. The maximum Gasteiger partial charge on any atom is 0.472 e. The summed E-state index contributed by atoms with van der Waals surface area (Å²) >= 11 is 0. The molecule has 334 valence electrons. The molecule has 0 aliphatic carbocycles. The largest absolute Gasteiger partial charge is 0.472 e. The van der Waals surface area contributed by atoms with Crippen LogP contribution in [-0.4, -0.2) is 81.6 Å². The van der Waals surface area contributed by atoms with Crippen molar-refractivity contribution in [1.82, 2.24) is 0 Å². The molecule has 0 rings (SSSR count). The van der Waals surface area contributed by atoms with E-state index in [9.17, 15) is 33.8 Å². The Morgan fingerprint density at radius 2 is 1.19 bits per heavy atom. The van der Waals surface area contributed by atoms with Crippen LogP contribution >= 0.6 is 15.6 Å². The number of esters is 2. The third-order valence-corrected chi connectivity index (χ3v) is 9.56. The minimum absolute atomic E-state index is 0.0439. The van der Waals surface area contributed by atoms with E-state index in [1.165, 1.54) is 25.7 Å². The topological polar surface area (TPSA) is 216 Å². The number of aliphatic hydroxyl groups excluding tert-OH is 2. The molecule has 0 aromatic heterocycles. The normalized spacial score (nSPS) is 15.5. The Morgan fingerprint density at radius 3 is 1.84 bits per heavy atom. The van der Waals surface area contributed by atoms with Gasteiger partial charge in [-0.2, -0.15) is 0 Å². The van der Waals surface area contributed by atoms with Crippen molar-refractivity contribution < 1.29 is 66.7 Å². The number of unbranched alkanes of at least 4 members (excludes halogenated alkanes) is 7. The number of aliphatic hydroxyl groups is 2. The van der Waals surface area contributed by atoms with Crippen LogP contribution in [0.2, 0.25) is 0 Å². The van der Waals surface area contributed by atoms with Crippen molar-refractivity contribution in [3.63, 3.8) is 0 Å². The van der Waals surface area contributed by atoms with Gasteiger partial charge in [0.1, 0.15) is 12.7 Å². The summed E-state index contributed by atoms with van der Waals surface area (Å²) in [4.78, 5) is 52.5. The number of phosphoric acid groups is 2. The van der Waals surface area contributed by atoms with Gasteiger partial charge in [0.15, 0.2) is 6.10 Å². The van der Waals surface area contributed by atoms with Crippen molar-refractivity contribution in [2.45, 2.75) is 148 Å². The number of carbonyl (C=O) groups is 2. The van der Waals surface area contributed by atoms with E-state index < -0.39 is 72.3 Å². The van der Waals surface area contributed by atoms with E-state index in [0.29, 0.717) is 25.7 Å². The fraction of sp³-hybridized carbons (Fsp3) is 0.667. The molecule has 0 radical (unpaired) electrons. The molecular weight excluding hydrogens is 790 g/mol. The van der Waals surface area contributed by atoms with E-state index in [1.807, 2.05) is 54.7 Å². The summed E-state index contributed by atoms with van der Waals surface area (Å²) in [7, 11) is -9.71. The van der Waals surface area contributed by atoms with Crippen LogP contribution in [0, 0.1) is 5.92 Å². The Morgan fingerprint density at radius 1 is 0.621 bits per heavy atom. The average Bonchev–Trinajstić information content (AvgIpc) is 3.16. The molecule has 4 atom stereocenters. The van der Waals surface area contributed by atoms with Crippen molar-refractivity contribution in [3.05, 3.63) is 72.9 Å². The van der Waals surface area contributed by atoms with Crippen molar-refractivity contribution in [1.29, 1.82) is 0 Å². The molecule has 0 aliphatic heterocycles. The number of allylic oxidation sites excluding steroid dienone is 10. The zero-order valence-corrected chi connectivity index (χ0v) is 36.7. The standard InChI is InChI=1S/C42H72O14P2/c1-4-5-6-7-19-24-29-38(43)30-25-20-15-10-8-9-11-16-21-26-31-41(45)52-35-40(36-55-58(50,51)54-34-39(44)33-53-57(47,48)49)56-42(46)32-27-22-17-13-12-14-18-23-28-37(2)3/h5-6,8-9,15-16,19-21,24-25,30,37-40,43-44H,4,7,10-14,17-18,22-23,26-29,31-36H2,1-3H3,(H,50,51)(H2,47,48,49)/b6-5-,9-8-,20-15-,21-16-,24-19-,30-25+/t38?,39-,40+/m0/s1. The van der Waals surface area contributed by atoms with Crippen molar-refractivity contribution in [2.24, 2.45) is 5.92 Å². The molecule has 0 aliphatic rings. The van der Waals surface area contributed by atoms with Gasteiger partial charge in [0.05, 0.1) is 25.9 Å². The maximum atomic E-state index is 12.6. The van der Waals surface area contributed by atoms with Gasteiger partial charge in [-0.3, -0.25) is 23.2 Å². The molecule has 0 heterocycles. The molecule has 14 nitrogen and oxygen atoms in total. The van der Waals surface area contributed by atoms with Gasteiger partial charge in [-0.15, -0.1) is 0 Å². The van der Waals surface area contributed by atoms with Gasteiger partial charge < -0.3 is 34.4 Å². The van der Waals surface area contributed by atoms with Gasteiger partial charge in [0, 0.05) is 12.8 Å². The summed E-state index contributed by atoms with van der Waals surface area (Å²) in [5.41, 5.74) is 0. The highest BCUT2D eigenvalue weighted by Crippen LogP contribution is 2.43. The minimum Gasteiger partial charge on any atom is -0.462 e. The molecule has 5 N–H and O–H groups in total. The molecule has 0 amide bonds. The molecule has 0 aromatic carbocycles. The third-order valence-electron chi connectivity index (χ3n) is 8.12. The molecule has 2 unspecified atom stereocenters. The molecule has 0 aromatic rings. The number of phosphoric ester groups is 2. The first-order valence-electron chi connectivity index (χ1n) is 20.6. The molecule has 0 spiro atoms. The second kappa shape index (κ2) is 36.4. The second-order valence-corrected chi connectivity index (χ2v) is 16.9. The van der Waals surface area contributed by atoms with Crippen LogP contribution in [0.25, 0.3) is 0 Å². The zero-order valence-electron chi connectivity index (χ0n) is 34.9. The van der Waals surface area contributed by atoms with E-state index in [2.05, 4.69) is 42.0 Å². The first kappa shape index (κ1) is 55.5. The van der Waals surface area contributed by atoms with Gasteiger partial charge >= 0.3 is 27.6 Å². The predicted molar refractivity (Wildman–Crippen MR) is 226 cm³/mol. The molecular formula is C42H72O14P2. The van der Waals surface area contributed by atoms with Gasteiger partial charge in [-0.25, -0.2) is 9.13 Å². The predicted octanol–water partition coefficient (Wildman–Crippen LogP) is 9.05. The highest BCUT2D eigenvalue weighted by Gasteiger charge is 2.28. The van der Waals surface area contributed by atoms with Gasteiger partial charge in [0.25, 0.3) is 0 Å². The SMILES string of the molecule is CC/C=C\C/C=C\CC(O)/C=C/C=C\C/C=C\C/C=C\CCC(=O)OC[C@H](COP(=O)(O)OC[C@@H](O)COP(=O)(O)O)OC(=O)CCCCCCCCCCC(C)C. The average molecular weight is 863 g/mol. The van der Waals surface area contributed by atoms with E-state index in [1.54, 1.807) is 6.08 Å². The smallest absolute Gasteiger partial charge is 0.462 e. The Balaban J connectivity index is 4.70. The highest BCUT2D eigenvalue weighted by atomic mass is 31.2. The molecule has 0 fully saturated rings. The third kappa shape index (κ3) is 40.3. The fourth-order valence-electron chi connectivity index (χ4n) is 4.99. The lowest BCUT2D eigenvalue weighted by Gasteiger charge is -2.20. The van der Waals surface area contributed by atoms with Crippen molar-refractivity contribution in [3.8, 4) is 0 Å².